The SMILES string of the molecule is O=C(CSc1nnc(-c2cccc(Br)c2)n1-c1ccccc1)Nc1ccc(Br)cc1. The first-order chi connectivity index (χ1) is 14.6. The fourth-order valence-corrected chi connectivity index (χ4v) is 4.26. The number of rotatable bonds is 6. The third-order valence-corrected chi connectivity index (χ3v) is 6.14. The molecule has 0 saturated heterocycles. The Morgan fingerprint density at radius 1 is 0.900 bits per heavy atom. The summed E-state index contributed by atoms with van der Waals surface area (Å²) in [6.45, 7) is 0. The molecule has 4 aromatic rings. The average Bonchev–Trinajstić information content (AvgIpc) is 3.19. The molecule has 0 spiro atoms. The van der Waals surface area contributed by atoms with Crippen LogP contribution in [0.5, 0.6) is 0 Å². The van der Waals surface area contributed by atoms with E-state index in [0.29, 0.717) is 5.16 Å². The van der Waals surface area contributed by atoms with Crippen molar-refractivity contribution in [3.63, 3.8) is 0 Å². The molecule has 0 aliphatic rings. The van der Waals surface area contributed by atoms with Crippen LogP contribution in [-0.2, 0) is 4.79 Å². The molecule has 8 heteroatoms. The topological polar surface area (TPSA) is 59.8 Å². The zero-order chi connectivity index (χ0) is 20.9. The maximum Gasteiger partial charge on any atom is 0.234 e. The minimum absolute atomic E-state index is 0.103. The van der Waals surface area contributed by atoms with Crippen LogP contribution in [0.4, 0.5) is 5.69 Å². The molecule has 150 valence electrons. The number of thioether (sulfide) groups is 1. The van der Waals surface area contributed by atoms with E-state index in [2.05, 4.69) is 47.4 Å². The molecular weight excluding hydrogens is 528 g/mol. The van der Waals surface area contributed by atoms with E-state index in [9.17, 15) is 4.79 Å². The highest BCUT2D eigenvalue weighted by molar-refractivity contribution is 9.10. The van der Waals surface area contributed by atoms with Crippen LogP contribution in [0.15, 0.2) is 93.0 Å². The van der Waals surface area contributed by atoms with Gasteiger partial charge in [0.2, 0.25) is 5.91 Å². The molecule has 1 heterocycles. The summed E-state index contributed by atoms with van der Waals surface area (Å²) in [5, 5.41) is 12.3. The summed E-state index contributed by atoms with van der Waals surface area (Å²) in [5.41, 5.74) is 2.63. The number of carbonyl (C=O) groups is 1. The average molecular weight is 544 g/mol. The Morgan fingerprint density at radius 2 is 1.67 bits per heavy atom. The second-order valence-electron chi connectivity index (χ2n) is 6.33. The molecule has 5 nitrogen and oxygen atoms in total. The van der Waals surface area contributed by atoms with Crippen molar-refractivity contribution < 1.29 is 4.79 Å². The van der Waals surface area contributed by atoms with Crippen molar-refractivity contribution in [3.05, 3.63) is 87.8 Å². The van der Waals surface area contributed by atoms with E-state index in [1.54, 1.807) is 0 Å². The maximum atomic E-state index is 12.4. The van der Waals surface area contributed by atoms with Gasteiger partial charge in [0.25, 0.3) is 0 Å². The smallest absolute Gasteiger partial charge is 0.234 e. The molecule has 1 N–H and O–H groups in total. The zero-order valence-corrected chi connectivity index (χ0v) is 19.6. The number of hydrogen-bond donors (Lipinski definition) is 1. The monoisotopic (exact) mass is 542 g/mol. The number of hydrogen-bond acceptors (Lipinski definition) is 4. The largest absolute Gasteiger partial charge is 0.325 e. The van der Waals surface area contributed by atoms with Gasteiger partial charge in [0.15, 0.2) is 11.0 Å². The van der Waals surface area contributed by atoms with Gasteiger partial charge in [-0.05, 0) is 48.5 Å². The molecule has 0 bridgehead atoms. The molecule has 1 amide bonds. The molecule has 0 fully saturated rings. The summed E-state index contributed by atoms with van der Waals surface area (Å²) in [4.78, 5) is 12.4. The maximum absolute atomic E-state index is 12.4. The van der Waals surface area contributed by atoms with Crippen LogP contribution in [0, 0.1) is 0 Å². The summed E-state index contributed by atoms with van der Waals surface area (Å²) in [6, 6.07) is 25.3. The third-order valence-electron chi connectivity index (χ3n) is 4.19. The summed E-state index contributed by atoms with van der Waals surface area (Å²) in [7, 11) is 0. The van der Waals surface area contributed by atoms with Gasteiger partial charge in [-0.3, -0.25) is 9.36 Å². The van der Waals surface area contributed by atoms with Crippen molar-refractivity contribution in [1.29, 1.82) is 0 Å². The minimum Gasteiger partial charge on any atom is -0.325 e. The summed E-state index contributed by atoms with van der Waals surface area (Å²) < 4.78 is 3.90. The lowest BCUT2D eigenvalue weighted by Gasteiger charge is -2.10. The second kappa shape index (κ2) is 9.59. The highest BCUT2D eigenvalue weighted by Gasteiger charge is 2.17. The standard InChI is InChI=1S/C22H16Br2N4OS/c23-16-9-11-18(12-10-16)25-20(29)14-30-22-27-26-21(15-5-4-6-17(24)13-15)28(22)19-7-2-1-3-8-19/h1-13H,14H2,(H,25,29). The third kappa shape index (κ3) is 5.00. The Morgan fingerprint density at radius 3 is 2.40 bits per heavy atom. The van der Waals surface area contributed by atoms with E-state index >= 15 is 0 Å². The van der Waals surface area contributed by atoms with E-state index in [1.165, 1.54) is 11.8 Å². The Hall–Kier alpha value is -2.42. The van der Waals surface area contributed by atoms with Gasteiger partial charge < -0.3 is 5.32 Å². The van der Waals surface area contributed by atoms with Crippen molar-refractivity contribution >= 4 is 55.2 Å². The highest BCUT2D eigenvalue weighted by Crippen LogP contribution is 2.29. The number of amides is 1. The van der Waals surface area contributed by atoms with Crippen molar-refractivity contribution in [1.82, 2.24) is 14.8 Å². The number of anilines is 1. The summed E-state index contributed by atoms with van der Waals surface area (Å²) >= 11 is 8.25. The number of para-hydroxylation sites is 1. The predicted octanol–water partition coefficient (Wildman–Crippen LogP) is 6.19. The van der Waals surface area contributed by atoms with Gasteiger partial charge in [-0.2, -0.15) is 0 Å². The van der Waals surface area contributed by atoms with Crippen molar-refractivity contribution in [3.8, 4) is 17.1 Å². The second-order valence-corrected chi connectivity index (χ2v) is 9.11. The molecular formula is C22H16Br2N4OS. The fourth-order valence-electron chi connectivity index (χ4n) is 2.85. The van der Waals surface area contributed by atoms with Gasteiger partial charge in [0.1, 0.15) is 0 Å². The molecule has 4 rings (SSSR count). The van der Waals surface area contributed by atoms with Crippen LogP contribution in [0.1, 0.15) is 0 Å². The van der Waals surface area contributed by atoms with Gasteiger partial charge in [0.05, 0.1) is 5.75 Å². The van der Waals surface area contributed by atoms with Crippen LogP contribution in [0.25, 0.3) is 17.1 Å². The van der Waals surface area contributed by atoms with E-state index in [1.807, 2.05) is 83.4 Å². The number of aromatic nitrogens is 3. The van der Waals surface area contributed by atoms with Crippen LogP contribution in [0.2, 0.25) is 0 Å². The first-order valence-electron chi connectivity index (χ1n) is 9.05. The molecule has 0 unspecified atom stereocenters. The molecule has 0 aliphatic carbocycles. The molecule has 0 radical (unpaired) electrons. The van der Waals surface area contributed by atoms with Gasteiger partial charge in [-0.1, -0.05) is 74.0 Å². The molecule has 0 aliphatic heterocycles. The fraction of sp³-hybridized carbons (Fsp3) is 0.0455. The van der Waals surface area contributed by atoms with Gasteiger partial charge in [0, 0.05) is 25.9 Å². The first kappa shape index (κ1) is 20.8. The van der Waals surface area contributed by atoms with Gasteiger partial charge in [-0.15, -0.1) is 10.2 Å². The molecule has 3 aromatic carbocycles. The van der Waals surface area contributed by atoms with Crippen LogP contribution in [-0.4, -0.2) is 26.4 Å². The van der Waals surface area contributed by atoms with Crippen LogP contribution < -0.4 is 5.32 Å². The van der Waals surface area contributed by atoms with Gasteiger partial charge in [-0.25, -0.2) is 0 Å². The highest BCUT2D eigenvalue weighted by atomic mass is 79.9. The predicted molar refractivity (Wildman–Crippen MR) is 128 cm³/mol. The Labute approximate surface area is 195 Å². The van der Waals surface area contributed by atoms with E-state index < -0.39 is 0 Å². The van der Waals surface area contributed by atoms with E-state index in [-0.39, 0.29) is 11.7 Å². The number of nitrogens with one attached hydrogen (secondary N) is 1. The van der Waals surface area contributed by atoms with E-state index in [0.717, 1.165) is 31.7 Å². The lowest BCUT2D eigenvalue weighted by atomic mass is 10.2. The normalized spacial score (nSPS) is 10.7. The van der Waals surface area contributed by atoms with Crippen molar-refractivity contribution in [2.24, 2.45) is 0 Å². The quantitative estimate of drug-likeness (QED) is 0.294. The Bertz CT molecular complexity index is 1160. The summed E-state index contributed by atoms with van der Waals surface area (Å²) in [6.07, 6.45) is 0. The summed E-state index contributed by atoms with van der Waals surface area (Å²) in [5.74, 6) is 0.840. The first-order valence-corrected chi connectivity index (χ1v) is 11.6. The van der Waals surface area contributed by atoms with Crippen LogP contribution in [0.3, 0.4) is 0 Å². The lowest BCUT2D eigenvalue weighted by Crippen LogP contribution is -2.14. The Balaban J connectivity index is 1.58. The lowest BCUT2D eigenvalue weighted by molar-refractivity contribution is -0.113. The number of benzene rings is 3. The zero-order valence-electron chi connectivity index (χ0n) is 15.6. The van der Waals surface area contributed by atoms with Crippen molar-refractivity contribution in [2.75, 3.05) is 11.1 Å². The van der Waals surface area contributed by atoms with E-state index in [4.69, 9.17) is 0 Å². The number of halogens is 2. The Kier molecular flexibility index (Phi) is 6.66. The van der Waals surface area contributed by atoms with Crippen LogP contribution >= 0.6 is 43.6 Å². The molecule has 1 aromatic heterocycles. The van der Waals surface area contributed by atoms with Gasteiger partial charge >= 0.3 is 0 Å². The molecule has 30 heavy (non-hydrogen) atoms. The number of carbonyl (C=O) groups excluding carboxylic acids is 1. The molecule has 0 atom stereocenters. The number of nitrogens with zero attached hydrogens (tertiary/aromatic N) is 3. The minimum atomic E-state index is -0.103. The van der Waals surface area contributed by atoms with Crippen molar-refractivity contribution in [2.45, 2.75) is 5.16 Å². The molecule has 0 saturated carbocycles.